The van der Waals surface area contributed by atoms with Crippen LogP contribution in [0, 0.1) is 0 Å². The quantitative estimate of drug-likeness (QED) is 0.904. The minimum atomic E-state index is -0.254. The van der Waals surface area contributed by atoms with E-state index in [2.05, 4.69) is 10.3 Å². The third-order valence-corrected chi connectivity index (χ3v) is 3.63. The predicted molar refractivity (Wildman–Crippen MR) is 74.0 cm³/mol. The first-order valence-corrected chi connectivity index (χ1v) is 6.59. The van der Waals surface area contributed by atoms with Gasteiger partial charge in [-0.05, 0) is 30.7 Å². The number of nitrogens with two attached hydrogens (primary N) is 1. The van der Waals surface area contributed by atoms with Gasteiger partial charge in [-0.2, -0.15) is 0 Å². The molecule has 2 aromatic rings. The van der Waals surface area contributed by atoms with Crippen LogP contribution < -0.4 is 11.1 Å². The van der Waals surface area contributed by atoms with Crippen molar-refractivity contribution in [3.8, 4) is 0 Å². The second-order valence-corrected chi connectivity index (χ2v) is 5.45. The molecule has 4 nitrogen and oxygen atoms in total. The lowest BCUT2D eigenvalue weighted by molar-refractivity contribution is 0.0950. The summed E-state index contributed by atoms with van der Waals surface area (Å²) < 4.78 is 0.755. The Kier molecular flexibility index (Phi) is 4.17. The number of nitrogens with one attached hydrogen (secondary N) is 1. The van der Waals surface area contributed by atoms with Crippen molar-refractivity contribution < 1.29 is 4.79 Å². The molecule has 0 bridgehead atoms. The Balaban J connectivity index is 1.87. The van der Waals surface area contributed by atoms with Crippen LogP contribution in [0.25, 0.3) is 0 Å². The van der Waals surface area contributed by atoms with E-state index in [1.165, 1.54) is 11.3 Å². The fraction of sp³-hybridized carbons (Fsp3) is 0.167. The van der Waals surface area contributed by atoms with Crippen LogP contribution in [0.2, 0.25) is 4.34 Å². The first-order chi connectivity index (χ1) is 8.66. The highest BCUT2D eigenvalue weighted by Gasteiger charge is 2.09. The van der Waals surface area contributed by atoms with E-state index in [1.807, 2.05) is 12.1 Å². The van der Waals surface area contributed by atoms with E-state index >= 15 is 0 Å². The zero-order valence-electron chi connectivity index (χ0n) is 9.52. The molecule has 3 N–H and O–H groups in total. The third kappa shape index (κ3) is 3.21. The van der Waals surface area contributed by atoms with E-state index in [9.17, 15) is 4.79 Å². The van der Waals surface area contributed by atoms with Gasteiger partial charge in [-0.25, -0.2) is 4.98 Å². The largest absolute Gasteiger partial charge is 0.397 e. The number of hydrogen-bond donors (Lipinski definition) is 2. The SMILES string of the molecule is Nc1cccnc1C(=O)NCCc1ccc(Cl)s1. The van der Waals surface area contributed by atoms with Gasteiger partial charge in [-0.15, -0.1) is 11.3 Å². The number of amides is 1. The van der Waals surface area contributed by atoms with Crippen LogP contribution in [0.4, 0.5) is 5.69 Å². The molecular formula is C12H12ClN3OS. The normalized spacial score (nSPS) is 10.3. The van der Waals surface area contributed by atoms with Crippen molar-refractivity contribution in [1.82, 2.24) is 10.3 Å². The number of halogens is 1. The smallest absolute Gasteiger partial charge is 0.272 e. The number of nitrogen functional groups attached to an aromatic ring is 1. The molecule has 0 atom stereocenters. The molecule has 0 unspecified atom stereocenters. The van der Waals surface area contributed by atoms with Gasteiger partial charge in [0.15, 0.2) is 5.69 Å². The van der Waals surface area contributed by atoms with E-state index in [4.69, 9.17) is 17.3 Å². The molecule has 18 heavy (non-hydrogen) atoms. The number of carbonyl (C=O) groups is 1. The van der Waals surface area contributed by atoms with Crippen LogP contribution >= 0.6 is 22.9 Å². The molecule has 0 aliphatic rings. The fourth-order valence-corrected chi connectivity index (χ4v) is 2.56. The maximum atomic E-state index is 11.8. The molecule has 0 aliphatic heterocycles. The Labute approximate surface area is 114 Å². The highest BCUT2D eigenvalue weighted by molar-refractivity contribution is 7.16. The van der Waals surface area contributed by atoms with Crippen molar-refractivity contribution in [3.63, 3.8) is 0 Å². The van der Waals surface area contributed by atoms with Gasteiger partial charge in [-0.1, -0.05) is 11.6 Å². The zero-order chi connectivity index (χ0) is 13.0. The number of carbonyl (C=O) groups excluding carboxylic acids is 1. The number of thiophene rings is 1. The van der Waals surface area contributed by atoms with Crippen LogP contribution in [-0.2, 0) is 6.42 Å². The second-order valence-electron chi connectivity index (χ2n) is 3.65. The van der Waals surface area contributed by atoms with Gasteiger partial charge in [0.1, 0.15) is 0 Å². The molecular weight excluding hydrogens is 270 g/mol. The van der Waals surface area contributed by atoms with Gasteiger partial charge < -0.3 is 11.1 Å². The summed E-state index contributed by atoms with van der Waals surface area (Å²) in [7, 11) is 0. The Morgan fingerprint density at radius 1 is 1.44 bits per heavy atom. The Bertz CT molecular complexity index is 556. The van der Waals surface area contributed by atoms with Gasteiger partial charge in [0.2, 0.25) is 0 Å². The maximum absolute atomic E-state index is 11.8. The van der Waals surface area contributed by atoms with Gasteiger partial charge in [0, 0.05) is 17.6 Å². The van der Waals surface area contributed by atoms with Crippen LogP contribution in [0.15, 0.2) is 30.5 Å². The van der Waals surface area contributed by atoms with Gasteiger partial charge in [0.05, 0.1) is 10.0 Å². The number of aromatic nitrogens is 1. The standard InChI is InChI=1S/C12H12ClN3OS/c13-10-4-3-8(18-10)5-7-16-12(17)11-9(14)2-1-6-15-11/h1-4,6H,5,7,14H2,(H,16,17). The molecule has 0 fully saturated rings. The number of pyridine rings is 1. The first kappa shape index (κ1) is 12.9. The average molecular weight is 282 g/mol. The maximum Gasteiger partial charge on any atom is 0.272 e. The molecule has 0 radical (unpaired) electrons. The Hall–Kier alpha value is -1.59. The Morgan fingerprint density at radius 2 is 2.28 bits per heavy atom. The van der Waals surface area contributed by atoms with Gasteiger partial charge in [-0.3, -0.25) is 4.79 Å². The molecule has 2 aromatic heterocycles. The predicted octanol–water partition coefficient (Wildman–Crippen LogP) is 2.35. The zero-order valence-corrected chi connectivity index (χ0v) is 11.1. The van der Waals surface area contributed by atoms with Crippen LogP contribution in [0.3, 0.4) is 0 Å². The topological polar surface area (TPSA) is 68.0 Å². The summed E-state index contributed by atoms with van der Waals surface area (Å²) in [5, 5.41) is 2.78. The Morgan fingerprint density at radius 3 is 2.94 bits per heavy atom. The highest BCUT2D eigenvalue weighted by Crippen LogP contribution is 2.21. The lowest BCUT2D eigenvalue weighted by Crippen LogP contribution is -2.27. The molecule has 1 amide bonds. The van der Waals surface area contributed by atoms with Crippen molar-refractivity contribution in [2.75, 3.05) is 12.3 Å². The number of anilines is 1. The summed E-state index contributed by atoms with van der Waals surface area (Å²) in [5.41, 5.74) is 6.32. The summed E-state index contributed by atoms with van der Waals surface area (Å²) in [6.45, 7) is 0.533. The van der Waals surface area contributed by atoms with Crippen LogP contribution in [-0.4, -0.2) is 17.4 Å². The van der Waals surface area contributed by atoms with Crippen LogP contribution in [0.5, 0.6) is 0 Å². The molecule has 6 heteroatoms. The average Bonchev–Trinajstić information content (AvgIpc) is 2.75. The minimum absolute atomic E-state index is 0.254. The fourth-order valence-electron chi connectivity index (χ4n) is 1.48. The lowest BCUT2D eigenvalue weighted by Gasteiger charge is -2.05. The van der Waals surface area contributed by atoms with Crippen molar-refractivity contribution in [3.05, 3.63) is 45.4 Å². The first-order valence-electron chi connectivity index (χ1n) is 5.39. The van der Waals surface area contributed by atoms with Crippen molar-refractivity contribution in [2.45, 2.75) is 6.42 Å². The summed E-state index contributed by atoms with van der Waals surface area (Å²) in [4.78, 5) is 16.9. The van der Waals surface area contributed by atoms with Crippen molar-refractivity contribution >= 4 is 34.5 Å². The second kappa shape index (κ2) is 5.84. The summed E-state index contributed by atoms with van der Waals surface area (Å²) in [6, 6.07) is 7.15. The van der Waals surface area contributed by atoms with E-state index in [0.29, 0.717) is 12.2 Å². The van der Waals surface area contributed by atoms with Crippen molar-refractivity contribution in [1.29, 1.82) is 0 Å². The van der Waals surface area contributed by atoms with Gasteiger partial charge >= 0.3 is 0 Å². The summed E-state index contributed by atoms with van der Waals surface area (Å²) >= 11 is 7.34. The number of hydrogen-bond acceptors (Lipinski definition) is 4. The number of nitrogens with zero attached hydrogens (tertiary/aromatic N) is 1. The van der Waals surface area contributed by atoms with E-state index in [-0.39, 0.29) is 11.6 Å². The van der Waals surface area contributed by atoms with Crippen LogP contribution in [0.1, 0.15) is 15.4 Å². The van der Waals surface area contributed by atoms with Gasteiger partial charge in [0.25, 0.3) is 5.91 Å². The van der Waals surface area contributed by atoms with E-state index < -0.39 is 0 Å². The van der Waals surface area contributed by atoms with Crippen molar-refractivity contribution in [2.24, 2.45) is 0 Å². The molecule has 2 rings (SSSR count). The highest BCUT2D eigenvalue weighted by atomic mass is 35.5. The van der Waals surface area contributed by atoms with E-state index in [0.717, 1.165) is 15.6 Å². The monoisotopic (exact) mass is 281 g/mol. The lowest BCUT2D eigenvalue weighted by atomic mass is 10.3. The molecule has 0 aliphatic carbocycles. The minimum Gasteiger partial charge on any atom is -0.397 e. The summed E-state index contributed by atoms with van der Waals surface area (Å²) in [5.74, 6) is -0.254. The molecule has 0 spiro atoms. The third-order valence-electron chi connectivity index (χ3n) is 2.34. The summed E-state index contributed by atoms with van der Waals surface area (Å²) in [6.07, 6.45) is 2.29. The molecule has 0 saturated carbocycles. The molecule has 2 heterocycles. The molecule has 0 aromatic carbocycles. The van der Waals surface area contributed by atoms with E-state index in [1.54, 1.807) is 18.3 Å². The number of rotatable bonds is 4. The molecule has 0 saturated heterocycles. The molecule has 94 valence electrons.